The van der Waals surface area contributed by atoms with Gasteiger partial charge < -0.3 is 5.01 Å². The van der Waals surface area contributed by atoms with Gasteiger partial charge in [-0.25, -0.2) is 5.84 Å². The molecule has 0 radical (unpaired) electrons. The van der Waals surface area contributed by atoms with Gasteiger partial charge in [-0.05, 0) is 19.4 Å². The lowest BCUT2D eigenvalue weighted by atomic mass is 9.76. The topological polar surface area (TPSA) is 29.3 Å². The maximum absolute atomic E-state index is 6.06. The number of rotatable bonds is 1. The first kappa shape index (κ1) is 11.0. The second-order valence-corrected chi connectivity index (χ2v) is 4.43. The number of nitrogens with zero attached hydrogens (tertiary/aromatic N) is 1. The van der Waals surface area contributed by atoms with Crippen LogP contribution in [0.25, 0.3) is 0 Å². The summed E-state index contributed by atoms with van der Waals surface area (Å²) >= 11 is 0. The fourth-order valence-corrected chi connectivity index (χ4v) is 2.44. The van der Waals surface area contributed by atoms with Crippen molar-refractivity contribution in [3.05, 3.63) is 60.4 Å². The van der Waals surface area contributed by atoms with Gasteiger partial charge in [0.2, 0.25) is 0 Å². The minimum atomic E-state index is -0.0555. The van der Waals surface area contributed by atoms with Crippen LogP contribution in [-0.4, -0.2) is 11.1 Å². The number of nitrogens with two attached hydrogens (primary N) is 1. The number of allylic oxidation sites excluding steroid dienone is 6. The van der Waals surface area contributed by atoms with E-state index in [1.54, 1.807) is 5.01 Å². The van der Waals surface area contributed by atoms with Crippen LogP contribution < -0.4 is 5.84 Å². The average molecular weight is 214 g/mol. The van der Waals surface area contributed by atoms with Crippen molar-refractivity contribution in [2.75, 3.05) is 0 Å². The molecule has 0 bridgehead atoms. The number of fused-ring (bicyclic) bond motifs is 1. The second-order valence-electron chi connectivity index (χ2n) is 4.43. The molecule has 2 aliphatic rings. The van der Waals surface area contributed by atoms with Crippen molar-refractivity contribution in [2.24, 2.45) is 11.3 Å². The third-order valence-electron chi connectivity index (χ3n) is 3.42. The Balaban J connectivity index is 2.50. The Morgan fingerprint density at radius 2 is 2.25 bits per heavy atom. The van der Waals surface area contributed by atoms with Gasteiger partial charge in [-0.2, -0.15) is 0 Å². The maximum Gasteiger partial charge on any atom is 0.0765 e. The van der Waals surface area contributed by atoms with E-state index in [-0.39, 0.29) is 11.5 Å². The van der Waals surface area contributed by atoms with Gasteiger partial charge in [-0.1, -0.05) is 49.1 Å². The van der Waals surface area contributed by atoms with E-state index < -0.39 is 0 Å². The maximum atomic E-state index is 6.06. The summed E-state index contributed by atoms with van der Waals surface area (Å²) in [4.78, 5) is 0. The molecule has 1 aliphatic heterocycles. The van der Waals surface area contributed by atoms with Crippen LogP contribution in [0, 0.1) is 5.41 Å². The highest BCUT2D eigenvalue weighted by molar-refractivity contribution is 5.49. The molecule has 0 saturated carbocycles. The molecule has 2 nitrogen and oxygen atoms in total. The Morgan fingerprint density at radius 1 is 1.50 bits per heavy atom. The van der Waals surface area contributed by atoms with E-state index in [4.69, 9.17) is 5.84 Å². The third kappa shape index (κ3) is 1.38. The van der Waals surface area contributed by atoms with E-state index in [1.807, 2.05) is 25.2 Å². The minimum absolute atomic E-state index is 0.0555. The Hall–Kier alpha value is -1.54. The fourth-order valence-electron chi connectivity index (χ4n) is 2.44. The van der Waals surface area contributed by atoms with Crippen molar-refractivity contribution in [3.63, 3.8) is 0 Å². The molecular weight excluding hydrogens is 196 g/mol. The predicted molar refractivity (Wildman–Crippen MR) is 68.2 cm³/mol. The Labute approximate surface area is 97.1 Å². The molecule has 2 heteroatoms. The van der Waals surface area contributed by atoms with E-state index >= 15 is 0 Å². The Kier molecular flexibility index (Phi) is 2.60. The molecule has 0 aromatic rings. The van der Waals surface area contributed by atoms with Gasteiger partial charge >= 0.3 is 0 Å². The molecular formula is C14H18N2. The quantitative estimate of drug-likeness (QED) is 0.680. The largest absolute Gasteiger partial charge is 0.303 e. The molecule has 1 fully saturated rings. The first-order valence-electron chi connectivity index (χ1n) is 5.54. The van der Waals surface area contributed by atoms with E-state index in [0.29, 0.717) is 0 Å². The molecule has 0 spiro atoms. The molecule has 0 amide bonds. The Bertz CT molecular complexity index is 426. The summed E-state index contributed by atoms with van der Waals surface area (Å²) in [5.41, 5.74) is 2.04. The first-order valence-corrected chi connectivity index (χ1v) is 5.54. The van der Waals surface area contributed by atoms with Crippen molar-refractivity contribution in [2.45, 2.75) is 19.9 Å². The SMILES string of the molecule is C=C1/C(=C\C=C/C)C2(C)C=CC=CC2N1N. The van der Waals surface area contributed by atoms with Crippen LogP contribution in [0.3, 0.4) is 0 Å². The van der Waals surface area contributed by atoms with Crippen molar-refractivity contribution < 1.29 is 0 Å². The molecule has 84 valence electrons. The third-order valence-corrected chi connectivity index (χ3v) is 3.42. The monoisotopic (exact) mass is 214 g/mol. The average Bonchev–Trinajstić information content (AvgIpc) is 2.46. The van der Waals surface area contributed by atoms with Gasteiger partial charge in [-0.15, -0.1) is 0 Å². The summed E-state index contributed by atoms with van der Waals surface area (Å²) in [7, 11) is 0. The lowest BCUT2D eigenvalue weighted by Gasteiger charge is -2.30. The van der Waals surface area contributed by atoms with Crippen LogP contribution in [0.2, 0.25) is 0 Å². The molecule has 1 saturated heterocycles. The first-order chi connectivity index (χ1) is 7.61. The zero-order valence-corrected chi connectivity index (χ0v) is 9.85. The summed E-state index contributed by atoms with van der Waals surface area (Å²) in [5, 5.41) is 1.76. The highest BCUT2D eigenvalue weighted by Crippen LogP contribution is 2.48. The molecule has 0 aromatic heterocycles. The molecule has 0 aromatic carbocycles. The van der Waals surface area contributed by atoms with Gasteiger partial charge in [-0.3, -0.25) is 0 Å². The molecule has 2 N–H and O–H groups in total. The van der Waals surface area contributed by atoms with E-state index in [2.05, 4.69) is 37.8 Å². The molecule has 16 heavy (non-hydrogen) atoms. The molecule has 2 rings (SSSR count). The van der Waals surface area contributed by atoms with Crippen molar-refractivity contribution in [3.8, 4) is 0 Å². The lowest BCUT2D eigenvalue weighted by molar-refractivity contribution is 0.275. The summed E-state index contributed by atoms with van der Waals surface area (Å²) in [5.74, 6) is 6.06. The lowest BCUT2D eigenvalue weighted by Crippen LogP contribution is -2.40. The van der Waals surface area contributed by atoms with Crippen LogP contribution in [0.5, 0.6) is 0 Å². The predicted octanol–water partition coefficient (Wildman–Crippen LogP) is 2.69. The highest BCUT2D eigenvalue weighted by Gasteiger charge is 2.46. The molecule has 1 aliphatic carbocycles. The fraction of sp³-hybridized carbons (Fsp3) is 0.286. The zero-order valence-electron chi connectivity index (χ0n) is 9.85. The summed E-state index contributed by atoms with van der Waals surface area (Å²) in [6.45, 7) is 8.27. The standard InChI is InChI=1S/C14H18N2/c1-4-5-8-12-11(2)16(15)13-9-6-7-10-14(12,13)3/h4-10,13H,2,15H2,1,3H3/b5-4-,12-8+. The van der Waals surface area contributed by atoms with Gasteiger partial charge in [0.15, 0.2) is 0 Å². The smallest absolute Gasteiger partial charge is 0.0765 e. The van der Waals surface area contributed by atoms with E-state index in [0.717, 1.165) is 5.70 Å². The zero-order chi connectivity index (χ0) is 11.8. The van der Waals surface area contributed by atoms with E-state index in [1.165, 1.54) is 5.57 Å². The van der Waals surface area contributed by atoms with Gasteiger partial charge in [0.05, 0.1) is 6.04 Å². The summed E-state index contributed by atoms with van der Waals surface area (Å²) < 4.78 is 0. The number of hydrogen-bond acceptors (Lipinski definition) is 2. The van der Waals surface area contributed by atoms with Crippen LogP contribution in [0.1, 0.15) is 13.8 Å². The molecule has 2 atom stereocenters. The second kappa shape index (κ2) is 3.80. The molecule has 1 heterocycles. The van der Waals surface area contributed by atoms with Crippen LogP contribution >= 0.6 is 0 Å². The number of hydrogen-bond donors (Lipinski definition) is 1. The normalized spacial score (nSPS) is 35.4. The van der Waals surface area contributed by atoms with Crippen LogP contribution in [0.15, 0.2) is 60.4 Å². The Morgan fingerprint density at radius 3 is 2.94 bits per heavy atom. The van der Waals surface area contributed by atoms with Gasteiger partial charge in [0.25, 0.3) is 0 Å². The van der Waals surface area contributed by atoms with E-state index in [9.17, 15) is 0 Å². The van der Waals surface area contributed by atoms with Gasteiger partial charge in [0, 0.05) is 11.1 Å². The van der Waals surface area contributed by atoms with Crippen LogP contribution in [-0.2, 0) is 0 Å². The minimum Gasteiger partial charge on any atom is -0.303 e. The van der Waals surface area contributed by atoms with Crippen molar-refractivity contribution in [1.29, 1.82) is 0 Å². The number of hydrazine groups is 1. The van der Waals surface area contributed by atoms with Gasteiger partial charge in [0.1, 0.15) is 0 Å². The van der Waals surface area contributed by atoms with Crippen molar-refractivity contribution >= 4 is 0 Å². The molecule has 2 unspecified atom stereocenters. The summed E-state index contributed by atoms with van der Waals surface area (Å²) in [6, 6.07) is 0.182. The highest BCUT2D eigenvalue weighted by atomic mass is 15.4. The van der Waals surface area contributed by atoms with Crippen LogP contribution in [0.4, 0.5) is 0 Å². The summed E-state index contributed by atoms with van der Waals surface area (Å²) in [6.07, 6.45) is 14.6. The van der Waals surface area contributed by atoms with Crippen molar-refractivity contribution in [1.82, 2.24) is 5.01 Å².